The summed E-state index contributed by atoms with van der Waals surface area (Å²) in [6.45, 7) is 0.575. The number of methoxy groups -OCH3 is 1. The molecule has 8 heteroatoms. The number of hydrogen-bond acceptors (Lipinski definition) is 3. The SMILES string of the molecule is COc1ccccc1-c1c(C(F)(F)F)[c]ccc1/C=C/C(=O)N1CCC(C(=O)O)CC1. The second-order valence-electron chi connectivity index (χ2n) is 7.15. The standard InChI is InChI=1S/C23H21F3NO4/c1-31-19-8-3-2-6-17(19)21-15(5-4-7-18(21)23(24,25)26)9-10-20(28)27-13-11-16(12-14-27)22(29)30/h2-6,8-10,16H,11-14H2,1H3,(H,29,30)/b10-9+. The molecular weight excluding hydrogens is 411 g/mol. The van der Waals surface area contributed by atoms with E-state index in [0.717, 1.165) is 0 Å². The molecule has 0 unspecified atom stereocenters. The predicted molar refractivity (Wildman–Crippen MR) is 108 cm³/mol. The monoisotopic (exact) mass is 432 g/mol. The van der Waals surface area contributed by atoms with E-state index in [1.807, 2.05) is 0 Å². The van der Waals surface area contributed by atoms with E-state index in [-0.39, 0.29) is 41.4 Å². The average molecular weight is 432 g/mol. The molecule has 2 aromatic rings. The summed E-state index contributed by atoms with van der Waals surface area (Å²) in [4.78, 5) is 25.1. The molecule has 1 heterocycles. The first-order chi connectivity index (χ1) is 14.7. The highest BCUT2D eigenvalue weighted by molar-refractivity contribution is 5.94. The number of nitrogens with zero attached hydrogens (tertiary/aromatic N) is 1. The van der Waals surface area contributed by atoms with Crippen LogP contribution in [0.3, 0.4) is 0 Å². The van der Waals surface area contributed by atoms with Gasteiger partial charge in [-0.2, -0.15) is 13.2 Å². The van der Waals surface area contributed by atoms with E-state index >= 15 is 0 Å². The zero-order valence-corrected chi connectivity index (χ0v) is 16.8. The normalized spacial score (nSPS) is 15.3. The molecule has 0 bridgehead atoms. The predicted octanol–water partition coefficient (Wildman–Crippen LogP) is 4.52. The lowest BCUT2D eigenvalue weighted by Crippen LogP contribution is -2.39. The third kappa shape index (κ3) is 5.07. The molecule has 163 valence electrons. The van der Waals surface area contributed by atoms with Gasteiger partial charge in [0.2, 0.25) is 5.91 Å². The number of para-hydroxylation sites is 1. The maximum atomic E-state index is 13.7. The summed E-state index contributed by atoms with van der Waals surface area (Å²) in [5.74, 6) is -1.48. The van der Waals surface area contributed by atoms with Gasteiger partial charge in [-0.25, -0.2) is 0 Å². The zero-order valence-electron chi connectivity index (χ0n) is 16.8. The highest BCUT2D eigenvalue weighted by atomic mass is 19.4. The van der Waals surface area contributed by atoms with Crippen LogP contribution in [0.15, 0.2) is 42.5 Å². The van der Waals surface area contributed by atoms with Crippen molar-refractivity contribution in [3.63, 3.8) is 0 Å². The van der Waals surface area contributed by atoms with Gasteiger partial charge in [0.1, 0.15) is 5.75 Å². The van der Waals surface area contributed by atoms with Gasteiger partial charge in [-0.3, -0.25) is 9.59 Å². The lowest BCUT2D eigenvalue weighted by Gasteiger charge is -2.29. The molecule has 5 nitrogen and oxygen atoms in total. The topological polar surface area (TPSA) is 66.8 Å². The number of piperidine rings is 1. The quantitative estimate of drug-likeness (QED) is 0.706. The number of carbonyl (C=O) groups excluding carboxylic acids is 1. The molecule has 1 amide bonds. The lowest BCUT2D eigenvalue weighted by atomic mass is 9.92. The summed E-state index contributed by atoms with van der Waals surface area (Å²) in [5, 5.41) is 9.07. The molecule has 1 aliphatic rings. The summed E-state index contributed by atoms with van der Waals surface area (Å²) < 4.78 is 46.4. The van der Waals surface area contributed by atoms with Crippen LogP contribution in [0.1, 0.15) is 24.0 Å². The van der Waals surface area contributed by atoms with Gasteiger partial charge in [0.05, 0.1) is 18.6 Å². The zero-order chi connectivity index (χ0) is 22.6. The second kappa shape index (κ2) is 9.24. The summed E-state index contributed by atoms with van der Waals surface area (Å²) in [6.07, 6.45) is -1.39. The van der Waals surface area contributed by atoms with Crippen LogP contribution in [0.25, 0.3) is 17.2 Å². The molecule has 0 aliphatic carbocycles. The van der Waals surface area contributed by atoms with Crippen LogP contribution in [0.5, 0.6) is 5.75 Å². The number of amides is 1. The van der Waals surface area contributed by atoms with E-state index in [0.29, 0.717) is 12.8 Å². The number of halogens is 3. The molecule has 0 aromatic heterocycles. The van der Waals surface area contributed by atoms with Gasteiger partial charge in [-0.1, -0.05) is 30.3 Å². The van der Waals surface area contributed by atoms with Crippen molar-refractivity contribution in [2.75, 3.05) is 20.2 Å². The number of ether oxygens (including phenoxy) is 1. The molecule has 1 saturated heterocycles. The Morgan fingerprint density at radius 1 is 1.19 bits per heavy atom. The molecule has 0 saturated carbocycles. The molecule has 1 N–H and O–H groups in total. The van der Waals surface area contributed by atoms with Gasteiger partial charge in [0, 0.05) is 30.3 Å². The van der Waals surface area contributed by atoms with E-state index in [2.05, 4.69) is 6.07 Å². The van der Waals surface area contributed by atoms with Crippen LogP contribution in [0.2, 0.25) is 0 Å². The van der Waals surface area contributed by atoms with E-state index in [9.17, 15) is 22.8 Å². The molecule has 2 aromatic carbocycles. The Labute approximate surface area is 177 Å². The number of carbonyl (C=O) groups is 2. The van der Waals surface area contributed by atoms with Crippen molar-refractivity contribution in [2.24, 2.45) is 5.92 Å². The van der Waals surface area contributed by atoms with Gasteiger partial charge in [0.15, 0.2) is 0 Å². The summed E-state index contributed by atoms with van der Waals surface area (Å²) in [5.41, 5.74) is -0.636. The van der Waals surface area contributed by atoms with Crippen molar-refractivity contribution in [3.05, 3.63) is 59.7 Å². The Bertz CT molecular complexity index is 993. The smallest absolute Gasteiger partial charge is 0.417 e. The molecule has 1 aliphatic heterocycles. The van der Waals surface area contributed by atoms with Crippen molar-refractivity contribution in [2.45, 2.75) is 19.0 Å². The van der Waals surface area contributed by atoms with Crippen LogP contribution in [0.4, 0.5) is 13.2 Å². The number of likely N-dealkylation sites (tertiary alicyclic amines) is 1. The molecule has 0 atom stereocenters. The third-order valence-corrected chi connectivity index (χ3v) is 5.25. The number of hydrogen-bond donors (Lipinski definition) is 1. The first-order valence-electron chi connectivity index (χ1n) is 9.67. The van der Waals surface area contributed by atoms with E-state index in [1.54, 1.807) is 18.2 Å². The van der Waals surface area contributed by atoms with E-state index in [1.165, 1.54) is 42.4 Å². The second-order valence-corrected chi connectivity index (χ2v) is 7.15. The van der Waals surface area contributed by atoms with Crippen LogP contribution in [-0.4, -0.2) is 42.1 Å². The Kier molecular flexibility index (Phi) is 6.68. The molecule has 1 radical (unpaired) electrons. The lowest BCUT2D eigenvalue weighted by molar-refractivity contribution is -0.144. The van der Waals surface area contributed by atoms with Crippen molar-refractivity contribution in [1.29, 1.82) is 0 Å². The van der Waals surface area contributed by atoms with Gasteiger partial charge in [-0.15, -0.1) is 0 Å². The largest absolute Gasteiger partial charge is 0.496 e. The number of benzene rings is 2. The summed E-state index contributed by atoms with van der Waals surface area (Å²) in [7, 11) is 1.37. The maximum absolute atomic E-state index is 13.7. The number of carboxylic acid groups (broad SMARTS) is 1. The van der Waals surface area contributed by atoms with E-state index < -0.39 is 23.6 Å². The average Bonchev–Trinajstić information content (AvgIpc) is 2.76. The molecular formula is C23H21F3NO4. The minimum atomic E-state index is -4.65. The Balaban J connectivity index is 1.95. The number of carboxylic acids is 1. The molecule has 3 rings (SSSR count). The van der Waals surface area contributed by atoms with Crippen molar-refractivity contribution in [1.82, 2.24) is 4.90 Å². The first-order valence-corrected chi connectivity index (χ1v) is 9.67. The fourth-order valence-corrected chi connectivity index (χ4v) is 3.63. The Morgan fingerprint density at radius 3 is 2.48 bits per heavy atom. The third-order valence-electron chi connectivity index (χ3n) is 5.25. The number of rotatable bonds is 5. The van der Waals surface area contributed by atoms with Gasteiger partial charge < -0.3 is 14.7 Å². The summed E-state index contributed by atoms with van der Waals surface area (Å²) in [6, 6.07) is 11.2. The van der Waals surface area contributed by atoms with Gasteiger partial charge >= 0.3 is 12.1 Å². The highest BCUT2D eigenvalue weighted by Gasteiger charge is 2.35. The Morgan fingerprint density at radius 2 is 1.87 bits per heavy atom. The van der Waals surface area contributed by atoms with Crippen LogP contribution in [-0.2, 0) is 15.8 Å². The van der Waals surface area contributed by atoms with Crippen molar-refractivity contribution >= 4 is 18.0 Å². The summed E-state index contributed by atoms with van der Waals surface area (Å²) >= 11 is 0. The minimum absolute atomic E-state index is 0.124. The minimum Gasteiger partial charge on any atom is -0.496 e. The van der Waals surface area contributed by atoms with Crippen LogP contribution >= 0.6 is 0 Å². The highest BCUT2D eigenvalue weighted by Crippen LogP contribution is 2.42. The molecule has 31 heavy (non-hydrogen) atoms. The van der Waals surface area contributed by atoms with Gasteiger partial charge in [0.25, 0.3) is 0 Å². The fourth-order valence-electron chi connectivity index (χ4n) is 3.63. The fraction of sp³-hybridized carbons (Fsp3) is 0.304. The molecule has 0 spiro atoms. The molecule has 1 fully saturated rings. The van der Waals surface area contributed by atoms with Gasteiger partial charge in [-0.05, 0) is 36.6 Å². The van der Waals surface area contributed by atoms with Crippen molar-refractivity contribution < 1.29 is 32.6 Å². The Hall–Kier alpha value is -3.29. The first kappa shape index (κ1) is 22.4. The van der Waals surface area contributed by atoms with Crippen LogP contribution in [0, 0.1) is 12.0 Å². The number of aliphatic carboxylic acids is 1. The number of alkyl halides is 3. The van der Waals surface area contributed by atoms with Crippen LogP contribution < -0.4 is 4.74 Å². The van der Waals surface area contributed by atoms with Crippen molar-refractivity contribution in [3.8, 4) is 16.9 Å². The maximum Gasteiger partial charge on any atom is 0.417 e. The van der Waals surface area contributed by atoms with E-state index in [4.69, 9.17) is 9.84 Å².